The largest absolute Gasteiger partial charge is 0.338 e. The summed E-state index contributed by atoms with van der Waals surface area (Å²) in [6, 6.07) is 6.14. The lowest BCUT2D eigenvalue weighted by molar-refractivity contribution is -0.131. The Hall–Kier alpha value is -1.84. The molecule has 1 aliphatic heterocycles. The highest BCUT2D eigenvalue weighted by Gasteiger charge is 2.20. The SMILES string of the molecule is CCC(=O)N1CCc2ccc(NC(=O)CCC3CCCCC3)cc2C1. The van der Waals surface area contributed by atoms with Gasteiger partial charge in [0.1, 0.15) is 0 Å². The van der Waals surface area contributed by atoms with E-state index in [1.54, 1.807) is 0 Å². The van der Waals surface area contributed by atoms with Gasteiger partial charge in [-0.25, -0.2) is 0 Å². The van der Waals surface area contributed by atoms with Crippen LogP contribution in [0.4, 0.5) is 5.69 Å². The topological polar surface area (TPSA) is 49.4 Å². The molecule has 1 fully saturated rings. The maximum Gasteiger partial charge on any atom is 0.224 e. The second-order valence-electron chi connectivity index (χ2n) is 7.49. The molecule has 1 aliphatic carbocycles. The van der Waals surface area contributed by atoms with Crippen molar-refractivity contribution in [2.45, 2.75) is 71.3 Å². The van der Waals surface area contributed by atoms with Crippen LogP contribution in [-0.4, -0.2) is 23.3 Å². The molecule has 4 heteroatoms. The summed E-state index contributed by atoms with van der Waals surface area (Å²) >= 11 is 0. The van der Waals surface area contributed by atoms with Crippen LogP contribution in [0.15, 0.2) is 18.2 Å². The first-order valence-corrected chi connectivity index (χ1v) is 9.85. The van der Waals surface area contributed by atoms with E-state index in [0.717, 1.165) is 36.6 Å². The standard InChI is InChI=1S/C21H30N2O2/c1-2-21(25)23-13-12-17-9-10-19(14-18(17)15-23)22-20(24)11-8-16-6-4-3-5-7-16/h9-10,14,16H,2-8,11-13,15H2,1H3,(H,22,24). The van der Waals surface area contributed by atoms with Crippen molar-refractivity contribution in [2.75, 3.05) is 11.9 Å². The third-order valence-corrected chi connectivity index (χ3v) is 5.66. The van der Waals surface area contributed by atoms with Crippen molar-refractivity contribution in [3.63, 3.8) is 0 Å². The van der Waals surface area contributed by atoms with Crippen LogP contribution in [0.1, 0.15) is 69.4 Å². The number of hydrogen-bond acceptors (Lipinski definition) is 2. The van der Waals surface area contributed by atoms with Gasteiger partial charge in [-0.15, -0.1) is 0 Å². The van der Waals surface area contributed by atoms with Gasteiger partial charge >= 0.3 is 0 Å². The quantitative estimate of drug-likeness (QED) is 0.868. The third kappa shape index (κ3) is 4.83. The minimum Gasteiger partial charge on any atom is -0.338 e. The van der Waals surface area contributed by atoms with Crippen LogP contribution in [0.3, 0.4) is 0 Å². The van der Waals surface area contributed by atoms with Gasteiger partial charge in [-0.3, -0.25) is 9.59 Å². The first kappa shape index (κ1) is 18.0. The van der Waals surface area contributed by atoms with E-state index in [-0.39, 0.29) is 11.8 Å². The highest BCUT2D eigenvalue weighted by Crippen LogP contribution is 2.28. The number of nitrogens with one attached hydrogen (secondary N) is 1. The number of amides is 2. The Bertz CT molecular complexity index is 620. The Balaban J connectivity index is 1.54. The molecule has 1 aromatic rings. The molecule has 3 rings (SSSR count). The molecular formula is C21H30N2O2. The summed E-state index contributed by atoms with van der Waals surface area (Å²) in [5, 5.41) is 3.05. The zero-order valence-corrected chi connectivity index (χ0v) is 15.4. The Morgan fingerprint density at radius 3 is 2.72 bits per heavy atom. The number of benzene rings is 1. The smallest absolute Gasteiger partial charge is 0.224 e. The molecule has 0 radical (unpaired) electrons. The molecular weight excluding hydrogens is 312 g/mol. The summed E-state index contributed by atoms with van der Waals surface area (Å²) in [7, 11) is 0. The fourth-order valence-electron chi connectivity index (χ4n) is 4.11. The lowest BCUT2D eigenvalue weighted by Gasteiger charge is -2.29. The van der Waals surface area contributed by atoms with Crippen molar-refractivity contribution in [3.8, 4) is 0 Å². The molecule has 4 nitrogen and oxygen atoms in total. The van der Waals surface area contributed by atoms with Gasteiger partial charge in [0, 0.05) is 31.6 Å². The molecule has 0 spiro atoms. The second-order valence-corrected chi connectivity index (χ2v) is 7.49. The summed E-state index contributed by atoms with van der Waals surface area (Å²) < 4.78 is 0. The van der Waals surface area contributed by atoms with E-state index in [0.29, 0.717) is 19.4 Å². The fourth-order valence-corrected chi connectivity index (χ4v) is 4.11. The molecule has 0 atom stereocenters. The summed E-state index contributed by atoms with van der Waals surface area (Å²) in [5.41, 5.74) is 3.32. The molecule has 0 bridgehead atoms. The van der Waals surface area contributed by atoms with Crippen LogP contribution in [-0.2, 0) is 22.6 Å². The van der Waals surface area contributed by atoms with Crippen LogP contribution >= 0.6 is 0 Å². The first-order chi connectivity index (χ1) is 12.2. The van der Waals surface area contributed by atoms with Gasteiger partial charge in [0.2, 0.25) is 11.8 Å². The number of fused-ring (bicyclic) bond motifs is 1. The van der Waals surface area contributed by atoms with Crippen LogP contribution in [0, 0.1) is 5.92 Å². The number of rotatable bonds is 5. The van der Waals surface area contributed by atoms with Gasteiger partial charge in [0.15, 0.2) is 0 Å². The molecule has 1 heterocycles. The number of hydrogen-bond donors (Lipinski definition) is 1. The number of anilines is 1. The van der Waals surface area contributed by atoms with Crippen molar-refractivity contribution >= 4 is 17.5 Å². The van der Waals surface area contributed by atoms with Gasteiger partial charge in [0.05, 0.1) is 0 Å². The Kier molecular flexibility index (Phi) is 6.11. The molecule has 1 N–H and O–H groups in total. The molecule has 0 unspecified atom stereocenters. The summed E-state index contributed by atoms with van der Waals surface area (Å²) in [4.78, 5) is 26.1. The lowest BCUT2D eigenvalue weighted by atomic mass is 9.86. The van der Waals surface area contributed by atoms with Gasteiger partial charge in [-0.2, -0.15) is 0 Å². The van der Waals surface area contributed by atoms with Crippen molar-refractivity contribution in [1.29, 1.82) is 0 Å². The van der Waals surface area contributed by atoms with Crippen molar-refractivity contribution in [2.24, 2.45) is 5.92 Å². The van der Waals surface area contributed by atoms with E-state index in [1.165, 1.54) is 37.7 Å². The Labute approximate surface area is 151 Å². The summed E-state index contributed by atoms with van der Waals surface area (Å²) in [6.07, 6.45) is 9.64. The Morgan fingerprint density at radius 1 is 1.16 bits per heavy atom. The summed E-state index contributed by atoms with van der Waals surface area (Å²) in [6.45, 7) is 3.36. The zero-order chi connectivity index (χ0) is 17.6. The minimum absolute atomic E-state index is 0.114. The molecule has 2 aliphatic rings. The Morgan fingerprint density at radius 2 is 1.96 bits per heavy atom. The first-order valence-electron chi connectivity index (χ1n) is 9.85. The van der Waals surface area contributed by atoms with Crippen LogP contribution in [0.25, 0.3) is 0 Å². The molecule has 2 amide bonds. The zero-order valence-electron chi connectivity index (χ0n) is 15.4. The van der Waals surface area contributed by atoms with Gasteiger partial charge < -0.3 is 10.2 Å². The molecule has 1 aromatic carbocycles. The summed E-state index contributed by atoms with van der Waals surface area (Å²) in [5.74, 6) is 1.05. The number of nitrogens with zero attached hydrogens (tertiary/aromatic N) is 1. The minimum atomic E-state index is 0.114. The molecule has 136 valence electrons. The maximum atomic E-state index is 12.3. The van der Waals surface area contributed by atoms with E-state index < -0.39 is 0 Å². The number of carbonyl (C=O) groups excluding carboxylic acids is 2. The highest BCUT2D eigenvalue weighted by molar-refractivity contribution is 5.90. The monoisotopic (exact) mass is 342 g/mol. The van der Waals surface area contributed by atoms with E-state index >= 15 is 0 Å². The lowest BCUT2D eigenvalue weighted by Crippen LogP contribution is -2.35. The van der Waals surface area contributed by atoms with Gasteiger partial charge in [-0.1, -0.05) is 45.1 Å². The second kappa shape index (κ2) is 8.50. The molecule has 25 heavy (non-hydrogen) atoms. The highest BCUT2D eigenvalue weighted by atomic mass is 16.2. The third-order valence-electron chi connectivity index (χ3n) is 5.66. The van der Waals surface area contributed by atoms with Crippen molar-refractivity contribution < 1.29 is 9.59 Å². The average Bonchev–Trinajstić information content (AvgIpc) is 2.66. The molecule has 0 saturated heterocycles. The maximum absolute atomic E-state index is 12.3. The van der Waals surface area contributed by atoms with Crippen LogP contribution in [0.5, 0.6) is 0 Å². The van der Waals surface area contributed by atoms with Crippen molar-refractivity contribution in [1.82, 2.24) is 4.90 Å². The van der Waals surface area contributed by atoms with Crippen molar-refractivity contribution in [3.05, 3.63) is 29.3 Å². The van der Waals surface area contributed by atoms with Crippen LogP contribution < -0.4 is 5.32 Å². The normalized spacial score (nSPS) is 17.9. The molecule has 0 aromatic heterocycles. The predicted molar refractivity (Wildman–Crippen MR) is 100 cm³/mol. The predicted octanol–water partition coefficient (Wildman–Crippen LogP) is 4.28. The van der Waals surface area contributed by atoms with Crippen LogP contribution in [0.2, 0.25) is 0 Å². The average molecular weight is 342 g/mol. The van der Waals surface area contributed by atoms with E-state index in [1.807, 2.05) is 24.0 Å². The number of carbonyl (C=O) groups is 2. The fraction of sp³-hybridized carbons (Fsp3) is 0.619. The van der Waals surface area contributed by atoms with Gasteiger partial charge in [0.25, 0.3) is 0 Å². The van der Waals surface area contributed by atoms with E-state index in [9.17, 15) is 9.59 Å². The van der Waals surface area contributed by atoms with E-state index in [4.69, 9.17) is 0 Å². The van der Waals surface area contributed by atoms with Gasteiger partial charge in [-0.05, 0) is 42.0 Å². The van der Waals surface area contributed by atoms with E-state index in [2.05, 4.69) is 11.4 Å². The molecule has 1 saturated carbocycles.